The summed E-state index contributed by atoms with van der Waals surface area (Å²) in [6.45, 7) is 0. The van der Waals surface area contributed by atoms with Gasteiger partial charge in [-0.1, -0.05) is 16.7 Å². The molecule has 0 spiro atoms. The van der Waals surface area contributed by atoms with E-state index in [1.54, 1.807) is 0 Å². The van der Waals surface area contributed by atoms with Gasteiger partial charge in [-0.25, -0.2) is 9.37 Å². The zero-order chi connectivity index (χ0) is 24.9. The smallest absolute Gasteiger partial charge is 0.320 e. The highest BCUT2D eigenvalue weighted by Gasteiger charge is 2.28. The van der Waals surface area contributed by atoms with Crippen LogP contribution in [0.3, 0.4) is 0 Å². The minimum Gasteiger partial charge on any atom is -0.491 e. The Bertz CT molecular complexity index is 1230. The minimum absolute atomic E-state index is 0.0881. The Hall–Kier alpha value is -3.93. The van der Waals surface area contributed by atoms with Crippen LogP contribution in [0.15, 0.2) is 34.9 Å². The molecule has 0 bridgehead atoms. The molecular formula is C22H21ClFN5O6. The largest absolute Gasteiger partial charge is 0.491 e. The van der Waals surface area contributed by atoms with Crippen LogP contribution in [0.5, 0.6) is 11.6 Å². The van der Waals surface area contributed by atoms with Crippen molar-refractivity contribution in [2.24, 2.45) is 5.92 Å². The lowest BCUT2D eigenvalue weighted by molar-refractivity contribution is -0.143. The molecule has 13 heteroatoms. The predicted molar refractivity (Wildman–Crippen MR) is 122 cm³/mol. The number of amides is 1. The highest BCUT2D eigenvalue weighted by Crippen LogP contribution is 2.33. The maximum Gasteiger partial charge on any atom is 0.320 e. The number of aromatic nitrogens is 3. The molecule has 0 atom stereocenters. The molecule has 3 aromatic rings. The summed E-state index contributed by atoms with van der Waals surface area (Å²) in [6, 6.07) is 5.36. The Balaban J connectivity index is 1.37. The van der Waals surface area contributed by atoms with Crippen molar-refractivity contribution in [2.45, 2.75) is 31.8 Å². The molecule has 2 heterocycles. The molecule has 3 N–H and O–H groups in total. The SMILES string of the molecule is COc1cc(NC(=O)c2nnc(Nc3ccc(F)c(Cl)c3)o2)cnc1OC1CCC(C(=O)O)CC1. The van der Waals surface area contributed by atoms with Crippen molar-refractivity contribution in [1.29, 1.82) is 0 Å². The number of nitrogens with one attached hydrogen (secondary N) is 2. The first-order valence-electron chi connectivity index (χ1n) is 10.6. The van der Waals surface area contributed by atoms with Gasteiger partial charge in [0.1, 0.15) is 11.9 Å². The zero-order valence-corrected chi connectivity index (χ0v) is 19.2. The molecule has 11 nitrogen and oxygen atoms in total. The normalized spacial score (nSPS) is 17.5. The van der Waals surface area contributed by atoms with Crippen LogP contribution in [0.25, 0.3) is 0 Å². The molecule has 4 rings (SSSR count). The number of hydrogen-bond donors (Lipinski definition) is 3. The standard InChI is InChI=1S/C22H21ClFN5O6/c1-33-17-9-13(10-25-19(17)34-14-5-2-11(3-6-14)21(31)32)26-18(30)20-28-29-22(35-20)27-12-4-7-16(24)15(23)8-12/h4,7-11,14H,2-3,5-6H2,1H3,(H,26,30)(H,27,29)(H,31,32). The van der Waals surface area contributed by atoms with Crippen molar-refractivity contribution in [3.05, 3.63) is 47.2 Å². The van der Waals surface area contributed by atoms with Crippen LogP contribution in [0.2, 0.25) is 5.02 Å². The van der Waals surface area contributed by atoms with Gasteiger partial charge in [-0.05, 0) is 43.9 Å². The summed E-state index contributed by atoms with van der Waals surface area (Å²) in [7, 11) is 1.44. The van der Waals surface area contributed by atoms with E-state index in [0.717, 1.165) is 0 Å². The number of aliphatic carboxylic acids is 1. The van der Waals surface area contributed by atoms with Gasteiger partial charge in [-0.3, -0.25) is 9.59 Å². The van der Waals surface area contributed by atoms with Crippen LogP contribution in [0.1, 0.15) is 36.4 Å². The third kappa shape index (κ3) is 5.96. The van der Waals surface area contributed by atoms with E-state index in [1.807, 2.05) is 0 Å². The molecule has 0 unspecified atom stereocenters. The summed E-state index contributed by atoms with van der Waals surface area (Å²) in [5.74, 6) is -2.19. The third-order valence-corrected chi connectivity index (χ3v) is 5.68. The van der Waals surface area contributed by atoms with Crippen molar-refractivity contribution >= 4 is 40.9 Å². The molecule has 1 aromatic carbocycles. The fraction of sp³-hybridized carbons (Fsp3) is 0.318. The van der Waals surface area contributed by atoms with E-state index >= 15 is 0 Å². The molecule has 1 amide bonds. The van der Waals surface area contributed by atoms with Crippen LogP contribution in [-0.2, 0) is 4.79 Å². The number of methoxy groups -OCH3 is 1. The topological polar surface area (TPSA) is 149 Å². The average molecular weight is 506 g/mol. The van der Waals surface area contributed by atoms with Crippen molar-refractivity contribution in [2.75, 3.05) is 17.7 Å². The molecule has 1 aliphatic carbocycles. The quantitative estimate of drug-likeness (QED) is 0.404. The number of carboxylic acid groups (broad SMARTS) is 1. The summed E-state index contributed by atoms with van der Waals surface area (Å²) >= 11 is 5.74. The molecule has 35 heavy (non-hydrogen) atoms. The summed E-state index contributed by atoms with van der Waals surface area (Å²) in [5, 5.41) is 21.8. The van der Waals surface area contributed by atoms with Crippen LogP contribution in [0, 0.1) is 11.7 Å². The summed E-state index contributed by atoms with van der Waals surface area (Å²) in [5.41, 5.74) is 0.694. The molecule has 0 saturated heterocycles. The molecule has 1 fully saturated rings. The van der Waals surface area contributed by atoms with E-state index in [0.29, 0.717) is 42.8 Å². The van der Waals surface area contributed by atoms with E-state index in [-0.39, 0.29) is 34.8 Å². The Kier molecular flexibility index (Phi) is 7.30. The van der Waals surface area contributed by atoms with Crippen LogP contribution >= 0.6 is 11.6 Å². The number of anilines is 3. The number of benzene rings is 1. The van der Waals surface area contributed by atoms with Crippen LogP contribution in [0.4, 0.5) is 21.8 Å². The molecule has 0 radical (unpaired) electrons. The second-order valence-electron chi connectivity index (χ2n) is 7.78. The number of carboxylic acids is 1. The van der Waals surface area contributed by atoms with Gasteiger partial charge in [-0.15, -0.1) is 5.10 Å². The van der Waals surface area contributed by atoms with E-state index in [2.05, 4.69) is 25.8 Å². The Morgan fingerprint density at radius 2 is 1.94 bits per heavy atom. The lowest BCUT2D eigenvalue weighted by Gasteiger charge is -2.26. The van der Waals surface area contributed by atoms with Crippen molar-refractivity contribution < 1.29 is 33.0 Å². The van der Waals surface area contributed by atoms with Gasteiger partial charge < -0.3 is 29.6 Å². The number of carbonyl (C=O) groups excluding carboxylic acids is 1. The van der Waals surface area contributed by atoms with Gasteiger partial charge in [0.05, 0.1) is 29.9 Å². The average Bonchev–Trinajstić information content (AvgIpc) is 3.31. The van der Waals surface area contributed by atoms with Crippen molar-refractivity contribution in [3.8, 4) is 11.6 Å². The van der Waals surface area contributed by atoms with E-state index in [9.17, 15) is 14.0 Å². The Morgan fingerprint density at radius 1 is 1.17 bits per heavy atom. The number of rotatable bonds is 8. The van der Waals surface area contributed by atoms with Crippen LogP contribution in [-0.4, -0.2) is 45.4 Å². The molecule has 2 aromatic heterocycles. The van der Waals surface area contributed by atoms with E-state index in [1.165, 1.54) is 37.6 Å². The second kappa shape index (κ2) is 10.6. The van der Waals surface area contributed by atoms with E-state index in [4.69, 9.17) is 30.6 Å². The molecule has 1 aliphatic rings. The van der Waals surface area contributed by atoms with Gasteiger partial charge in [0.25, 0.3) is 5.88 Å². The van der Waals surface area contributed by atoms with Gasteiger partial charge in [-0.2, -0.15) is 0 Å². The maximum atomic E-state index is 13.3. The highest BCUT2D eigenvalue weighted by molar-refractivity contribution is 6.31. The third-order valence-electron chi connectivity index (χ3n) is 5.39. The molecule has 1 saturated carbocycles. The predicted octanol–water partition coefficient (Wildman–Crippen LogP) is 4.28. The number of halogens is 2. The highest BCUT2D eigenvalue weighted by atomic mass is 35.5. The van der Waals surface area contributed by atoms with Crippen LogP contribution < -0.4 is 20.1 Å². The first-order chi connectivity index (χ1) is 16.8. The molecular weight excluding hydrogens is 485 g/mol. The van der Waals surface area contributed by atoms with Crippen molar-refractivity contribution in [1.82, 2.24) is 15.2 Å². The van der Waals surface area contributed by atoms with Gasteiger partial charge >= 0.3 is 23.8 Å². The lowest BCUT2D eigenvalue weighted by atomic mass is 9.87. The zero-order valence-electron chi connectivity index (χ0n) is 18.5. The van der Waals surface area contributed by atoms with E-state index < -0.39 is 17.7 Å². The minimum atomic E-state index is -0.789. The molecule has 0 aliphatic heterocycles. The number of carbonyl (C=O) groups is 2. The number of nitrogens with zero attached hydrogens (tertiary/aromatic N) is 3. The number of ether oxygens (including phenoxy) is 2. The number of pyridine rings is 1. The van der Waals surface area contributed by atoms with Crippen molar-refractivity contribution in [3.63, 3.8) is 0 Å². The molecule has 184 valence electrons. The lowest BCUT2D eigenvalue weighted by Crippen LogP contribution is -2.28. The van der Waals surface area contributed by atoms with Gasteiger partial charge in [0.2, 0.25) is 0 Å². The maximum absolute atomic E-state index is 13.3. The Morgan fingerprint density at radius 3 is 2.63 bits per heavy atom. The van der Waals surface area contributed by atoms with Gasteiger partial charge in [0.15, 0.2) is 5.75 Å². The monoisotopic (exact) mass is 505 g/mol. The summed E-state index contributed by atoms with van der Waals surface area (Å²) < 4.78 is 29.8. The first kappa shape index (κ1) is 24.2. The fourth-order valence-electron chi connectivity index (χ4n) is 3.57. The second-order valence-corrected chi connectivity index (χ2v) is 8.19. The Labute approximate surface area is 203 Å². The summed E-state index contributed by atoms with van der Waals surface area (Å²) in [6.07, 6.45) is 3.47. The summed E-state index contributed by atoms with van der Waals surface area (Å²) in [4.78, 5) is 27.8. The number of hydrogen-bond acceptors (Lipinski definition) is 9. The fourth-order valence-corrected chi connectivity index (χ4v) is 3.75. The first-order valence-corrected chi connectivity index (χ1v) is 11.0. The van der Waals surface area contributed by atoms with Gasteiger partial charge in [0, 0.05) is 11.8 Å².